The Kier molecular flexibility index (Phi) is 8.21. The summed E-state index contributed by atoms with van der Waals surface area (Å²) < 4.78 is 22.2. The van der Waals surface area contributed by atoms with Gasteiger partial charge in [-0.15, -0.1) is 0 Å². The van der Waals surface area contributed by atoms with E-state index in [1.54, 1.807) is 6.07 Å². The summed E-state index contributed by atoms with van der Waals surface area (Å²) in [4.78, 5) is 0. The summed E-state index contributed by atoms with van der Waals surface area (Å²) in [6.45, 7) is 1.95. The number of aliphatic hydroxyl groups is 4. The highest BCUT2D eigenvalue weighted by molar-refractivity contribution is 6.33. The van der Waals surface area contributed by atoms with Crippen molar-refractivity contribution in [2.45, 2.75) is 43.9 Å². The van der Waals surface area contributed by atoms with Crippen molar-refractivity contribution in [3.8, 4) is 17.2 Å². The molecule has 1 saturated heterocycles. The van der Waals surface area contributed by atoms with Crippen LogP contribution >= 0.6 is 11.6 Å². The van der Waals surface area contributed by atoms with Crippen LogP contribution in [-0.2, 0) is 11.2 Å². The molecule has 176 valence electrons. The van der Waals surface area contributed by atoms with Gasteiger partial charge in [0.15, 0.2) is 11.5 Å². The zero-order valence-electron chi connectivity index (χ0n) is 18.2. The number of methoxy groups -OCH3 is 2. The molecule has 0 bridgehead atoms. The molecule has 32 heavy (non-hydrogen) atoms. The first kappa shape index (κ1) is 24.6. The van der Waals surface area contributed by atoms with E-state index in [4.69, 9.17) is 30.5 Å². The van der Waals surface area contributed by atoms with Crippen molar-refractivity contribution in [2.24, 2.45) is 0 Å². The minimum Gasteiger partial charge on any atom is -0.494 e. The van der Waals surface area contributed by atoms with E-state index in [1.165, 1.54) is 14.2 Å². The predicted molar refractivity (Wildman–Crippen MR) is 118 cm³/mol. The molecule has 0 aromatic heterocycles. The molecule has 8 nitrogen and oxygen atoms in total. The maximum absolute atomic E-state index is 10.6. The summed E-state index contributed by atoms with van der Waals surface area (Å²) in [5.41, 5.74) is 2.02. The first-order valence-corrected chi connectivity index (χ1v) is 10.7. The van der Waals surface area contributed by atoms with E-state index >= 15 is 0 Å². The van der Waals surface area contributed by atoms with Crippen LogP contribution in [0.5, 0.6) is 17.2 Å². The van der Waals surface area contributed by atoms with Crippen molar-refractivity contribution in [1.29, 1.82) is 0 Å². The molecule has 4 N–H and O–H groups in total. The molecule has 0 spiro atoms. The maximum Gasteiger partial charge on any atom is 0.180 e. The summed E-state index contributed by atoms with van der Waals surface area (Å²) in [6.07, 6.45) is -6.16. The lowest BCUT2D eigenvalue weighted by atomic mass is 9.89. The van der Waals surface area contributed by atoms with Crippen LogP contribution < -0.4 is 14.2 Å². The normalized spacial score (nSPS) is 25.4. The molecule has 0 unspecified atom stereocenters. The quantitative estimate of drug-likeness (QED) is 0.463. The lowest BCUT2D eigenvalue weighted by Gasteiger charge is -2.40. The van der Waals surface area contributed by atoms with Gasteiger partial charge in [0, 0.05) is 5.56 Å². The van der Waals surface area contributed by atoms with Crippen LogP contribution in [0.1, 0.15) is 29.7 Å². The second-order valence-corrected chi connectivity index (χ2v) is 7.89. The van der Waals surface area contributed by atoms with Gasteiger partial charge >= 0.3 is 0 Å². The zero-order chi connectivity index (χ0) is 23.4. The van der Waals surface area contributed by atoms with E-state index in [0.717, 1.165) is 11.3 Å². The molecule has 5 atom stereocenters. The van der Waals surface area contributed by atoms with Crippen LogP contribution in [0.2, 0.25) is 5.02 Å². The molecule has 0 aliphatic carbocycles. The first-order valence-electron chi connectivity index (χ1n) is 10.3. The molecule has 0 radical (unpaired) electrons. The first-order chi connectivity index (χ1) is 15.4. The van der Waals surface area contributed by atoms with Crippen molar-refractivity contribution >= 4 is 11.6 Å². The van der Waals surface area contributed by atoms with E-state index in [1.807, 2.05) is 31.2 Å². The van der Waals surface area contributed by atoms with Gasteiger partial charge in [-0.3, -0.25) is 0 Å². The molecular formula is C23H29ClO8. The molecule has 9 heteroatoms. The number of rotatable bonds is 8. The van der Waals surface area contributed by atoms with Crippen LogP contribution in [0.15, 0.2) is 30.3 Å². The summed E-state index contributed by atoms with van der Waals surface area (Å²) in [7, 11) is 2.87. The molecule has 2 aromatic carbocycles. The lowest BCUT2D eigenvalue weighted by molar-refractivity contribution is -0.232. The largest absolute Gasteiger partial charge is 0.494 e. The van der Waals surface area contributed by atoms with E-state index in [-0.39, 0.29) is 11.5 Å². The van der Waals surface area contributed by atoms with Gasteiger partial charge < -0.3 is 39.4 Å². The minimum absolute atomic E-state index is 0.234. The Morgan fingerprint density at radius 3 is 2.19 bits per heavy atom. The topological polar surface area (TPSA) is 118 Å². The van der Waals surface area contributed by atoms with Gasteiger partial charge in [0.2, 0.25) is 0 Å². The van der Waals surface area contributed by atoms with E-state index in [0.29, 0.717) is 29.2 Å². The van der Waals surface area contributed by atoms with Gasteiger partial charge in [-0.2, -0.15) is 0 Å². The fourth-order valence-electron chi connectivity index (χ4n) is 3.87. The van der Waals surface area contributed by atoms with E-state index < -0.39 is 37.1 Å². The standard InChI is InChI=1S/C23H29ClO8/c1-4-31-14-7-5-12(6-8-14)9-13-10-15(22(29-2)23(30-3)17(13)24)21-20(28)19(27)18(26)16(11-25)32-21/h5-8,10,16,18-21,25-28H,4,9,11H2,1-3H3/t16-,18-,19+,20-,21+/m1/s1. The minimum atomic E-state index is -1.52. The number of hydrogen-bond donors (Lipinski definition) is 4. The second kappa shape index (κ2) is 10.7. The number of benzene rings is 2. The predicted octanol–water partition coefficient (Wildman–Crippen LogP) is 1.86. The molecule has 2 aromatic rings. The number of ether oxygens (including phenoxy) is 4. The Balaban J connectivity index is 2.04. The van der Waals surface area contributed by atoms with Gasteiger partial charge in [0.05, 0.1) is 32.5 Å². The number of hydrogen-bond acceptors (Lipinski definition) is 8. The fourth-order valence-corrected chi connectivity index (χ4v) is 4.16. The second-order valence-electron chi connectivity index (χ2n) is 7.51. The van der Waals surface area contributed by atoms with Crippen LogP contribution in [-0.4, -0.2) is 72.3 Å². The van der Waals surface area contributed by atoms with Gasteiger partial charge in [-0.25, -0.2) is 0 Å². The van der Waals surface area contributed by atoms with E-state index in [2.05, 4.69) is 0 Å². The van der Waals surface area contributed by atoms with Crippen molar-refractivity contribution in [3.63, 3.8) is 0 Å². The molecule has 1 aliphatic rings. The number of aliphatic hydroxyl groups excluding tert-OH is 4. The van der Waals surface area contributed by atoms with Crippen molar-refractivity contribution in [2.75, 3.05) is 27.4 Å². The Labute approximate surface area is 191 Å². The average molecular weight is 469 g/mol. The average Bonchev–Trinajstić information content (AvgIpc) is 2.80. The summed E-state index contributed by atoms with van der Waals surface area (Å²) >= 11 is 6.62. The molecule has 0 saturated carbocycles. The zero-order valence-corrected chi connectivity index (χ0v) is 19.0. The summed E-state index contributed by atoms with van der Waals surface area (Å²) in [5, 5.41) is 40.9. The third-order valence-corrected chi connectivity index (χ3v) is 5.93. The Bertz CT molecular complexity index is 902. The molecule has 3 rings (SSSR count). The highest BCUT2D eigenvalue weighted by atomic mass is 35.5. The van der Waals surface area contributed by atoms with Crippen LogP contribution in [0.25, 0.3) is 0 Å². The van der Waals surface area contributed by atoms with Crippen LogP contribution in [0.4, 0.5) is 0 Å². The van der Waals surface area contributed by atoms with Gasteiger partial charge in [-0.1, -0.05) is 23.7 Å². The Hall–Kier alpha value is -2.07. The van der Waals surface area contributed by atoms with Gasteiger partial charge in [0.25, 0.3) is 0 Å². The summed E-state index contributed by atoms with van der Waals surface area (Å²) in [6, 6.07) is 9.29. The van der Waals surface area contributed by atoms with Gasteiger partial charge in [0.1, 0.15) is 36.3 Å². The molecule has 1 heterocycles. The number of halogens is 1. The summed E-state index contributed by atoms with van der Waals surface area (Å²) in [5.74, 6) is 1.25. The smallest absolute Gasteiger partial charge is 0.180 e. The Morgan fingerprint density at radius 1 is 0.969 bits per heavy atom. The molecule has 0 amide bonds. The molecular weight excluding hydrogens is 440 g/mol. The monoisotopic (exact) mass is 468 g/mol. The van der Waals surface area contributed by atoms with E-state index in [9.17, 15) is 20.4 Å². The van der Waals surface area contributed by atoms with Crippen molar-refractivity contribution < 1.29 is 39.4 Å². The maximum atomic E-state index is 10.6. The van der Waals surface area contributed by atoms with Crippen LogP contribution in [0, 0.1) is 0 Å². The third kappa shape index (κ3) is 4.80. The lowest BCUT2D eigenvalue weighted by Crippen LogP contribution is -2.55. The van der Waals surface area contributed by atoms with Gasteiger partial charge in [-0.05, 0) is 42.7 Å². The Morgan fingerprint density at radius 2 is 1.62 bits per heavy atom. The molecule has 1 aliphatic heterocycles. The van der Waals surface area contributed by atoms with Crippen molar-refractivity contribution in [1.82, 2.24) is 0 Å². The highest BCUT2D eigenvalue weighted by Gasteiger charge is 2.45. The fraction of sp³-hybridized carbons (Fsp3) is 0.478. The highest BCUT2D eigenvalue weighted by Crippen LogP contribution is 2.46. The van der Waals surface area contributed by atoms with Crippen molar-refractivity contribution in [3.05, 3.63) is 52.0 Å². The van der Waals surface area contributed by atoms with Crippen LogP contribution in [0.3, 0.4) is 0 Å². The molecule has 1 fully saturated rings. The third-order valence-electron chi connectivity index (χ3n) is 5.52. The SMILES string of the molecule is CCOc1ccc(Cc2cc([C@@H]3O[C@H](CO)[C@@H](O)[C@H](O)[C@H]3O)c(OC)c(OC)c2Cl)cc1.